The molecule has 0 saturated heterocycles. The number of benzene rings is 1. The highest BCUT2D eigenvalue weighted by molar-refractivity contribution is 6.21. The number of carbonyl (C=O) groups is 3. The van der Waals surface area contributed by atoms with E-state index in [1.807, 2.05) is 0 Å². The van der Waals surface area contributed by atoms with E-state index in [0.717, 1.165) is 5.52 Å². The van der Waals surface area contributed by atoms with Crippen molar-refractivity contribution in [1.29, 1.82) is 0 Å². The number of fused-ring (bicyclic) bond motifs is 2. The second-order valence-corrected chi connectivity index (χ2v) is 5.92. The normalized spacial score (nSPS) is 13.6. The second-order valence-electron chi connectivity index (χ2n) is 5.92. The minimum Gasteiger partial charge on any atom is -0.463 e. The van der Waals surface area contributed by atoms with Crippen LogP contribution in [0, 0.1) is 0 Å². The maximum atomic E-state index is 12.5. The lowest BCUT2D eigenvalue weighted by molar-refractivity contribution is 0.0613. The van der Waals surface area contributed by atoms with Crippen LogP contribution in [0.2, 0.25) is 0 Å². The molecule has 0 radical (unpaired) electrons. The topological polar surface area (TPSA) is 86.6 Å². The molecule has 0 atom stereocenters. The smallest absolute Gasteiger partial charge is 0.270 e. The van der Waals surface area contributed by atoms with E-state index in [4.69, 9.17) is 4.42 Å². The van der Waals surface area contributed by atoms with Gasteiger partial charge in [-0.15, -0.1) is 0 Å². The van der Waals surface area contributed by atoms with Crippen molar-refractivity contribution in [2.24, 2.45) is 0 Å². The first kappa shape index (κ1) is 15.2. The van der Waals surface area contributed by atoms with Crippen LogP contribution in [0.3, 0.4) is 0 Å². The predicted molar refractivity (Wildman–Crippen MR) is 89.3 cm³/mol. The zero-order chi connectivity index (χ0) is 17.6. The lowest BCUT2D eigenvalue weighted by atomic mass is 10.1. The van der Waals surface area contributed by atoms with Gasteiger partial charge in [0.15, 0.2) is 5.58 Å². The van der Waals surface area contributed by atoms with Gasteiger partial charge in [-0.25, -0.2) is 0 Å². The van der Waals surface area contributed by atoms with Crippen LogP contribution < -0.4 is 0 Å². The van der Waals surface area contributed by atoms with E-state index in [2.05, 4.69) is 4.98 Å². The molecule has 0 fully saturated rings. The van der Waals surface area contributed by atoms with Gasteiger partial charge in [-0.05, 0) is 12.1 Å². The molecular weight excluding hydrogens is 322 g/mol. The number of likely N-dealkylation sites (N-methyl/N-ethyl adjacent to an activating group) is 1. The van der Waals surface area contributed by atoms with Crippen molar-refractivity contribution in [3.05, 3.63) is 59.5 Å². The van der Waals surface area contributed by atoms with E-state index < -0.39 is 0 Å². The van der Waals surface area contributed by atoms with Gasteiger partial charge < -0.3 is 14.3 Å². The molecule has 1 aromatic carbocycles. The Morgan fingerprint density at radius 3 is 2.48 bits per heavy atom. The Hall–Kier alpha value is -3.35. The molecular formula is C18H15N3O4. The Labute approximate surface area is 142 Å². The minimum absolute atomic E-state index is 0.144. The van der Waals surface area contributed by atoms with E-state index in [-0.39, 0.29) is 30.8 Å². The summed E-state index contributed by atoms with van der Waals surface area (Å²) in [4.78, 5) is 42.7. The lowest BCUT2D eigenvalue weighted by Gasteiger charge is -2.20. The average Bonchev–Trinajstić information content (AvgIpc) is 3.27. The molecule has 3 heterocycles. The SMILES string of the molecule is CN(CCN1C(=O)c2ccccc2C1=O)C(=O)c1cc2occc2[nH]1. The van der Waals surface area contributed by atoms with Crippen LogP contribution >= 0.6 is 0 Å². The van der Waals surface area contributed by atoms with Crippen molar-refractivity contribution in [3.8, 4) is 0 Å². The Bertz CT molecular complexity index is 937. The maximum absolute atomic E-state index is 12.5. The molecule has 25 heavy (non-hydrogen) atoms. The summed E-state index contributed by atoms with van der Waals surface area (Å²) in [6.45, 7) is 0.385. The summed E-state index contributed by atoms with van der Waals surface area (Å²) in [7, 11) is 1.63. The lowest BCUT2D eigenvalue weighted by Crippen LogP contribution is -2.39. The summed E-state index contributed by atoms with van der Waals surface area (Å²) < 4.78 is 5.23. The van der Waals surface area contributed by atoms with Crippen LogP contribution in [-0.2, 0) is 0 Å². The van der Waals surface area contributed by atoms with Crippen LogP contribution in [-0.4, -0.2) is 52.6 Å². The molecule has 3 amide bonds. The monoisotopic (exact) mass is 337 g/mol. The van der Waals surface area contributed by atoms with Gasteiger partial charge in [-0.3, -0.25) is 19.3 Å². The molecule has 0 unspecified atom stereocenters. The number of aromatic amines is 1. The van der Waals surface area contributed by atoms with Crippen LogP contribution in [0.1, 0.15) is 31.2 Å². The first-order valence-electron chi connectivity index (χ1n) is 7.83. The van der Waals surface area contributed by atoms with E-state index in [1.54, 1.807) is 49.7 Å². The zero-order valence-corrected chi connectivity index (χ0v) is 13.5. The van der Waals surface area contributed by atoms with Gasteiger partial charge in [0.05, 0.1) is 22.9 Å². The minimum atomic E-state index is -0.321. The summed E-state index contributed by atoms with van der Waals surface area (Å²) in [5.41, 5.74) is 2.57. The van der Waals surface area contributed by atoms with Crippen molar-refractivity contribution < 1.29 is 18.8 Å². The van der Waals surface area contributed by atoms with Crippen molar-refractivity contribution in [2.75, 3.05) is 20.1 Å². The number of aromatic nitrogens is 1. The van der Waals surface area contributed by atoms with Gasteiger partial charge in [-0.1, -0.05) is 12.1 Å². The Morgan fingerprint density at radius 1 is 1.16 bits per heavy atom. The van der Waals surface area contributed by atoms with Gasteiger partial charge >= 0.3 is 0 Å². The van der Waals surface area contributed by atoms with Gasteiger partial charge in [0, 0.05) is 32.3 Å². The third kappa shape index (κ3) is 2.40. The summed E-state index contributed by atoms with van der Waals surface area (Å²) in [6, 6.07) is 10.1. The fourth-order valence-corrected chi connectivity index (χ4v) is 2.96. The predicted octanol–water partition coefficient (Wildman–Crippen LogP) is 2.13. The number of nitrogens with zero attached hydrogens (tertiary/aromatic N) is 2. The van der Waals surface area contributed by atoms with Crippen molar-refractivity contribution in [1.82, 2.24) is 14.8 Å². The number of furan rings is 1. The largest absolute Gasteiger partial charge is 0.463 e. The molecule has 1 N–H and O–H groups in total. The number of imide groups is 1. The molecule has 2 aromatic heterocycles. The molecule has 7 nitrogen and oxygen atoms in total. The Morgan fingerprint density at radius 2 is 1.84 bits per heavy atom. The first-order chi connectivity index (χ1) is 12.1. The molecule has 1 aliphatic rings. The van der Waals surface area contributed by atoms with Crippen LogP contribution in [0.25, 0.3) is 11.1 Å². The standard InChI is InChI=1S/C18H15N3O4/c1-20(18(24)14-10-15-13(19-14)6-9-25-15)7-8-21-16(22)11-4-2-3-5-12(11)17(21)23/h2-6,9-10,19H,7-8H2,1H3. The number of nitrogens with one attached hydrogen (secondary N) is 1. The highest BCUT2D eigenvalue weighted by Gasteiger charge is 2.35. The summed E-state index contributed by atoms with van der Waals surface area (Å²) >= 11 is 0. The number of carbonyl (C=O) groups excluding carboxylic acids is 3. The average molecular weight is 337 g/mol. The van der Waals surface area contributed by atoms with E-state index in [9.17, 15) is 14.4 Å². The van der Waals surface area contributed by atoms with Crippen LogP contribution in [0.15, 0.2) is 47.1 Å². The summed E-state index contributed by atoms with van der Waals surface area (Å²) in [6.07, 6.45) is 1.54. The van der Waals surface area contributed by atoms with Gasteiger partial charge in [0.25, 0.3) is 17.7 Å². The van der Waals surface area contributed by atoms with Crippen LogP contribution in [0.4, 0.5) is 0 Å². The van der Waals surface area contributed by atoms with E-state index in [0.29, 0.717) is 22.4 Å². The van der Waals surface area contributed by atoms with Gasteiger partial charge in [-0.2, -0.15) is 0 Å². The zero-order valence-electron chi connectivity index (χ0n) is 13.5. The maximum Gasteiger partial charge on any atom is 0.270 e. The highest BCUT2D eigenvalue weighted by atomic mass is 16.3. The number of hydrogen-bond donors (Lipinski definition) is 1. The van der Waals surface area contributed by atoms with E-state index >= 15 is 0 Å². The Kier molecular flexibility index (Phi) is 3.42. The number of amides is 3. The van der Waals surface area contributed by atoms with E-state index in [1.165, 1.54) is 9.80 Å². The number of H-pyrrole nitrogens is 1. The Balaban J connectivity index is 1.44. The molecule has 3 aromatic rings. The van der Waals surface area contributed by atoms with Crippen molar-refractivity contribution >= 4 is 28.8 Å². The van der Waals surface area contributed by atoms with Gasteiger partial charge in [0.2, 0.25) is 0 Å². The quantitative estimate of drug-likeness (QED) is 0.739. The molecule has 0 bridgehead atoms. The third-order valence-electron chi connectivity index (χ3n) is 4.35. The number of hydrogen-bond acceptors (Lipinski definition) is 4. The summed E-state index contributed by atoms with van der Waals surface area (Å²) in [5.74, 6) is -0.874. The third-order valence-corrected chi connectivity index (χ3v) is 4.35. The molecule has 0 spiro atoms. The fraction of sp³-hybridized carbons (Fsp3) is 0.167. The second kappa shape index (κ2) is 5.62. The molecule has 7 heteroatoms. The molecule has 0 aliphatic carbocycles. The van der Waals surface area contributed by atoms with Crippen molar-refractivity contribution in [3.63, 3.8) is 0 Å². The van der Waals surface area contributed by atoms with Crippen molar-refractivity contribution in [2.45, 2.75) is 0 Å². The molecule has 0 saturated carbocycles. The first-order valence-corrected chi connectivity index (χ1v) is 7.83. The molecule has 4 rings (SSSR count). The van der Waals surface area contributed by atoms with Crippen LogP contribution in [0.5, 0.6) is 0 Å². The fourth-order valence-electron chi connectivity index (χ4n) is 2.96. The summed E-state index contributed by atoms with van der Waals surface area (Å²) in [5, 5.41) is 0. The highest BCUT2D eigenvalue weighted by Crippen LogP contribution is 2.22. The molecule has 126 valence electrons. The number of rotatable bonds is 4. The molecule has 1 aliphatic heterocycles. The van der Waals surface area contributed by atoms with Gasteiger partial charge in [0.1, 0.15) is 5.69 Å².